The molecule has 0 aromatic heterocycles. The summed E-state index contributed by atoms with van der Waals surface area (Å²) in [6.07, 6.45) is -17.5. The molecule has 4 nitrogen and oxygen atoms in total. The van der Waals surface area contributed by atoms with Gasteiger partial charge in [-0.2, -0.15) is 26.3 Å². The Morgan fingerprint density at radius 1 is 0.879 bits per heavy atom. The van der Waals surface area contributed by atoms with Crippen LogP contribution in [0, 0.1) is 11.6 Å². The molecule has 1 fully saturated rings. The van der Waals surface area contributed by atoms with Gasteiger partial charge in [0, 0.05) is 38.3 Å². The zero-order chi connectivity index (χ0) is 24.4. The molecule has 1 aliphatic rings. The number of amides is 1. The van der Waals surface area contributed by atoms with Crippen LogP contribution in [0.25, 0.3) is 11.1 Å². The number of nitrogens with zero attached hydrogens (tertiary/aromatic N) is 2. The van der Waals surface area contributed by atoms with E-state index < -0.39 is 36.2 Å². The van der Waals surface area contributed by atoms with Crippen molar-refractivity contribution in [1.82, 2.24) is 9.80 Å². The first-order valence-corrected chi connectivity index (χ1v) is 9.70. The van der Waals surface area contributed by atoms with E-state index >= 15 is 0 Å². The van der Waals surface area contributed by atoms with E-state index in [0.29, 0.717) is 16.7 Å². The number of hydrogen-bond acceptors (Lipinski definition) is 3. The van der Waals surface area contributed by atoms with Crippen molar-refractivity contribution in [2.75, 3.05) is 26.2 Å². The van der Waals surface area contributed by atoms with E-state index in [1.807, 2.05) is 0 Å². The second-order valence-corrected chi connectivity index (χ2v) is 7.43. The Labute approximate surface area is 183 Å². The molecule has 0 radical (unpaired) electrons. The molecule has 1 amide bonds. The quantitative estimate of drug-likeness (QED) is 0.549. The molecule has 1 saturated heterocycles. The summed E-state index contributed by atoms with van der Waals surface area (Å²) in [7, 11) is 0. The molecular formula is C21H18F8N2O2. The minimum Gasteiger partial charge on any atom is -0.426 e. The van der Waals surface area contributed by atoms with Gasteiger partial charge in [-0.05, 0) is 29.3 Å². The zero-order valence-corrected chi connectivity index (χ0v) is 16.9. The van der Waals surface area contributed by atoms with E-state index in [1.165, 1.54) is 30.3 Å². The molecule has 0 spiro atoms. The number of rotatable bonds is 4. The van der Waals surface area contributed by atoms with Crippen molar-refractivity contribution in [1.29, 1.82) is 0 Å². The first-order chi connectivity index (χ1) is 15.3. The molecule has 2 aromatic carbocycles. The summed E-state index contributed by atoms with van der Waals surface area (Å²) in [6.45, 7) is -0.105. The Kier molecular flexibility index (Phi) is 7.15. The van der Waals surface area contributed by atoms with E-state index in [9.17, 15) is 39.9 Å². The standard InChI is InChI=1S/C21H18F8N2O2/c22-16-3-1-2-13(10-16)14-4-5-15(17(23)11-14)12-30-6-8-31(9-7-30)19(32)33-18(20(24,25)26)21(27,28)29/h1-5,10-11,18H,6-9,12H2. The van der Waals surface area contributed by atoms with Crippen LogP contribution in [0.3, 0.4) is 0 Å². The average molecular weight is 482 g/mol. The molecule has 12 heteroatoms. The van der Waals surface area contributed by atoms with Gasteiger partial charge in [-0.15, -0.1) is 0 Å². The summed E-state index contributed by atoms with van der Waals surface area (Å²) < 4.78 is 107. The van der Waals surface area contributed by atoms with Crippen LogP contribution >= 0.6 is 0 Å². The first kappa shape index (κ1) is 24.7. The number of carbonyl (C=O) groups is 1. The van der Waals surface area contributed by atoms with Crippen molar-refractivity contribution in [3.63, 3.8) is 0 Å². The summed E-state index contributed by atoms with van der Waals surface area (Å²) in [6, 6.07) is 9.99. The lowest BCUT2D eigenvalue weighted by atomic mass is 10.0. The SMILES string of the molecule is O=C(OC(C(F)(F)F)C(F)(F)F)N1CCN(Cc2ccc(-c3cccc(F)c3)cc2F)CC1. The van der Waals surface area contributed by atoms with E-state index in [1.54, 1.807) is 17.0 Å². The van der Waals surface area contributed by atoms with Crippen LogP contribution in [0.2, 0.25) is 0 Å². The highest BCUT2D eigenvalue weighted by molar-refractivity contribution is 5.68. The number of benzene rings is 2. The van der Waals surface area contributed by atoms with Gasteiger partial charge >= 0.3 is 18.4 Å². The van der Waals surface area contributed by atoms with E-state index in [-0.39, 0.29) is 32.7 Å². The summed E-state index contributed by atoms with van der Waals surface area (Å²) in [5, 5.41) is 0. The monoisotopic (exact) mass is 482 g/mol. The minimum absolute atomic E-state index is 0.0862. The average Bonchev–Trinajstić information content (AvgIpc) is 2.72. The van der Waals surface area contributed by atoms with Crippen LogP contribution in [0.15, 0.2) is 42.5 Å². The van der Waals surface area contributed by atoms with Gasteiger partial charge in [-0.1, -0.05) is 24.3 Å². The fourth-order valence-electron chi connectivity index (χ4n) is 3.35. The molecule has 1 aliphatic heterocycles. The molecule has 0 atom stereocenters. The van der Waals surface area contributed by atoms with Crippen LogP contribution in [0.4, 0.5) is 39.9 Å². The van der Waals surface area contributed by atoms with Crippen molar-refractivity contribution < 1.29 is 44.7 Å². The number of piperazine rings is 1. The van der Waals surface area contributed by atoms with Crippen molar-refractivity contribution in [3.05, 3.63) is 59.7 Å². The van der Waals surface area contributed by atoms with Gasteiger partial charge in [-0.25, -0.2) is 13.6 Å². The van der Waals surface area contributed by atoms with Gasteiger partial charge in [0.2, 0.25) is 0 Å². The summed E-state index contributed by atoms with van der Waals surface area (Å²) in [5.41, 5.74) is 1.25. The first-order valence-electron chi connectivity index (χ1n) is 9.70. The predicted molar refractivity (Wildman–Crippen MR) is 101 cm³/mol. The topological polar surface area (TPSA) is 32.8 Å². The Bertz CT molecular complexity index is 971. The molecular weight excluding hydrogens is 464 g/mol. The lowest BCUT2D eigenvalue weighted by molar-refractivity contribution is -0.308. The molecule has 0 aliphatic carbocycles. The molecule has 0 saturated carbocycles. The van der Waals surface area contributed by atoms with Crippen molar-refractivity contribution in [3.8, 4) is 11.1 Å². The maximum absolute atomic E-state index is 14.5. The van der Waals surface area contributed by atoms with Gasteiger partial charge in [0.25, 0.3) is 6.10 Å². The van der Waals surface area contributed by atoms with Crippen molar-refractivity contribution in [2.24, 2.45) is 0 Å². The molecule has 1 heterocycles. The molecule has 180 valence electrons. The number of alkyl halides is 6. The molecule has 3 rings (SSSR count). The minimum atomic E-state index is -5.79. The van der Waals surface area contributed by atoms with Crippen LogP contribution in [-0.4, -0.2) is 60.5 Å². The van der Waals surface area contributed by atoms with Crippen LogP contribution in [0.1, 0.15) is 5.56 Å². The molecule has 0 bridgehead atoms. The smallest absolute Gasteiger partial charge is 0.426 e. The number of halogens is 8. The van der Waals surface area contributed by atoms with Gasteiger partial charge in [0.1, 0.15) is 11.6 Å². The Hall–Kier alpha value is -2.89. The maximum Gasteiger partial charge on any atom is 0.434 e. The number of hydrogen-bond donors (Lipinski definition) is 0. The lowest BCUT2D eigenvalue weighted by Gasteiger charge is -2.35. The van der Waals surface area contributed by atoms with Gasteiger partial charge in [0.15, 0.2) is 0 Å². The zero-order valence-electron chi connectivity index (χ0n) is 16.9. The summed E-state index contributed by atoms with van der Waals surface area (Å²) >= 11 is 0. The molecule has 33 heavy (non-hydrogen) atoms. The molecule has 2 aromatic rings. The van der Waals surface area contributed by atoms with E-state index in [0.717, 1.165) is 4.90 Å². The van der Waals surface area contributed by atoms with Crippen molar-refractivity contribution in [2.45, 2.75) is 25.0 Å². The highest BCUT2D eigenvalue weighted by Gasteiger charge is 2.60. The molecule has 0 unspecified atom stereocenters. The lowest BCUT2D eigenvalue weighted by Crippen LogP contribution is -2.52. The summed E-state index contributed by atoms with van der Waals surface area (Å²) in [4.78, 5) is 14.2. The van der Waals surface area contributed by atoms with Crippen LogP contribution in [0.5, 0.6) is 0 Å². The fourth-order valence-corrected chi connectivity index (χ4v) is 3.35. The third-order valence-corrected chi connectivity index (χ3v) is 5.05. The van der Waals surface area contributed by atoms with E-state index in [4.69, 9.17) is 0 Å². The Morgan fingerprint density at radius 3 is 2.03 bits per heavy atom. The third kappa shape index (κ3) is 6.34. The number of ether oxygens (including phenoxy) is 1. The van der Waals surface area contributed by atoms with Gasteiger partial charge < -0.3 is 9.64 Å². The maximum atomic E-state index is 14.5. The second-order valence-electron chi connectivity index (χ2n) is 7.43. The van der Waals surface area contributed by atoms with Crippen molar-refractivity contribution >= 4 is 6.09 Å². The number of carbonyl (C=O) groups excluding carboxylic acids is 1. The Morgan fingerprint density at radius 2 is 1.48 bits per heavy atom. The molecule has 0 N–H and O–H groups in total. The normalized spacial score (nSPS) is 15.7. The fraction of sp³-hybridized carbons (Fsp3) is 0.381. The largest absolute Gasteiger partial charge is 0.434 e. The van der Waals surface area contributed by atoms with Crippen LogP contribution < -0.4 is 0 Å². The third-order valence-electron chi connectivity index (χ3n) is 5.05. The highest BCUT2D eigenvalue weighted by Crippen LogP contribution is 2.36. The van der Waals surface area contributed by atoms with E-state index in [2.05, 4.69) is 4.74 Å². The van der Waals surface area contributed by atoms with Crippen LogP contribution in [-0.2, 0) is 11.3 Å². The summed E-state index contributed by atoms with van der Waals surface area (Å²) in [5.74, 6) is -1.03. The van der Waals surface area contributed by atoms with Gasteiger partial charge in [-0.3, -0.25) is 4.90 Å². The Balaban J connectivity index is 1.57. The second kappa shape index (κ2) is 9.54. The predicted octanol–water partition coefficient (Wildman–Crippen LogP) is 5.38. The van der Waals surface area contributed by atoms with Gasteiger partial charge in [0.05, 0.1) is 0 Å². The highest BCUT2D eigenvalue weighted by atomic mass is 19.4.